The van der Waals surface area contributed by atoms with E-state index in [2.05, 4.69) is 10.0 Å². The first-order valence-corrected chi connectivity index (χ1v) is 11.1. The highest BCUT2D eigenvalue weighted by molar-refractivity contribution is 7.92. The van der Waals surface area contributed by atoms with Gasteiger partial charge in [-0.15, -0.1) is 0 Å². The summed E-state index contributed by atoms with van der Waals surface area (Å²) in [5.41, 5.74) is 0.514. The molecular formula is C21H21ClN2O3S. The standard InChI is InChI=1S/C21H21ClN2O3S/c22-15-7-9-17(10-8-15)28(25,26)24-20-11-12-21(19-6-2-1-5-18(19)20)27-16-4-3-13-23-14-16/h1-2,5-12,16,23-24H,3-4,13-14H2. The van der Waals surface area contributed by atoms with Gasteiger partial charge in [0.1, 0.15) is 11.9 Å². The Morgan fingerprint density at radius 1 is 1.00 bits per heavy atom. The quantitative estimate of drug-likeness (QED) is 0.645. The number of benzene rings is 3. The number of piperidine rings is 1. The molecule has 28 heavy (non-hydrogen) atoms. The van der Waals surface area contributed by atoms with Crippen LogP contribution in [0.2, 0.25) is 5.02 Å². The molecule has 2 N–H and O–H groups in total. The van der Waals surface area contributed by atoms with E-state index in [9.17, 15) is 8.42 Å². The fourth-order valence-corrected chi connectivity index (χ4v) is 4.59. The number of fused-ring (bicyclic) bond motifs is 1. The topological polar surface area (TPSA) is 67.4 Å². The normalized spacial score (nSPS) is 17.4. The van der Waals surface area contributed by atoms with Gasteiger partial charge in [-0.3, -0.25) is 4.72 Å². The first-order chi connectivity index (χ1) is 13.5. The number of sulfonamides is 1. The Kier molecular flexibility index (Phi) is 5.44. The number of nitrogens with one attached hydrogen (secondary N) is 2. The molecule has 0 aliphatic carbocycles. The fourth-order valence-electron chi connectivity index (χ4n) is 3.38. The van der Waals surface area contributed by atoms with Crippen LogP contribution < -0.4 is 14.8 Å². The maximum Gasteiger partial charge on any atom is 0.261 e. The van der Waals surface area contributed by atoms with E-state index in [0.717, 1.165) is 42.5 Å². The van der Waals surface area contributed by atoms with Crippen molar-refractivity contribution in [3.8, 4) is 5.75 Å². The Hall–Kier alpha value is -2.28. The van der Waals surface area contributed by atoms with Gasteiger partial charge in [0, 0.05) is 22.3 Å². The zero-order valence-electron chi connectivity index (χ0n) is 15.2. The number of hydrogen-bond donors (Lipinski definition) is 2. The molecule has 146 valence electrons. The van der Waals surface area contributed by atoms with E-state index in [0.29, 0.717) is 10.7 Å². The number of rotatable bonds is 5. The van der Waals surface area contributed by atoms with Crippen LogP contribution in [-0.2, 0) is 10.0 Å². The molecule has 3 aromatic carbocycles. The van der Waals surface area contributed by atoms with E-state index in [-0.39, 0.29) is 11.0 Å². The summed E-state index contributed by atoms with van der Waals surface area (Å²) >= 11 is 5.86. The van der Waals surface area contributed by atoms with Crippen molar-refractivity contribution in [3.63, 3.8) is 0 Å². The lowest BCUT2D eigenvalue weighted by Crippen LogP contribution is -2.37. The lowest BCUT2D eigenvalue weighted by molar-refractivity contribution is 0.169. The zero-order chi connectivity index (χ0) is 19.6. The predicted octanol–water partition coefficient (Wildman–Crippen LogP) is 4.42. The van der Waals surface area contributed by atoms with E-state index in [1.165, 1.54) is 12.1 Å². The van der Waals surface area contributed by atoms with Gasteiger partial charge >= 0.3 is 0 Å². The van der Waals surface area contributed by atoms with E-state index < -0.39 is 10.0 Å². The Morgan fingerprint density at radius 3 is 2.46 bits per heavy atom. The molecule has 1 aliphatic rings. The molecule has 3 aromatic rings. The molecule has 1 fully saturated rings. The van der Waals surface area contributed by atoms with E-state index >= 15 is 0 Å². The average Bonchev–Trinajstić information content (AvgIpc) is 2.71. The second-order valence-electron chi connectivity index (χ2n) is 6.80. The van der Waals surface area contributed by atoms with Crippen LogP contribution in [-0.4, -0.2) is 27.6 Å². The van der Waals surface area contributed by atoms with Crippen molar-refractivity contribution in [2.45, 2.75) is 23.8 Å². The largest absolute Gasteiger partial charge is 0.488 e. The molecule has 1 aliphatic heterocycles. The first-order valence-electron chi connectivity index (χ1n) is 9.20. The second kappa shape index (κ2) is 7.99. The Morgan fingerprint density at radius 2 is 1.75 bits per heavy atom. The highest BCUT2D eigenvalue weighted by atomic mass is 35.5. The van der Waals surface area contributed by atoms with Gasteiger partial charge in [0.25, 0.3) is 10.0 Å². The predicted molar refractivity (Wildman–Crippen MR) is 113 cm³/mol. The average molecular weight is 417 g/mol. The van der Waals surface area contributed by atoms with Crippen LogP contribution in [0.5, 0.6) is 5.75 Å². The van der Waals surface area contributed by atoms with Gasteiger partial charge in [-0.2, -0.15) is 0 Å². The summed E-state index contributed by atoms with van der Waals surface area (Å²) in [4.78, 5) is 0.162. The van der Waals surface area contributed by atoms with Gasteiger partial charge in [0.2, 0.25) is 0 Å². The molecule has 7 heteroatoms. The maximum atomic E-state index is 12.8. The lowest BCUT2D eigenvalue weighted by Gasteiger charge is -2.25. The van der Waals surface area contributed by atoms with Crippen LogP contribution in [0.25, 0.3) is 10.8 Å². The first kappa shape index (κ1) is 19.1. The van der Waals surface area contributed by atoms with Crippen LogP contribution in [0.3, 0.4) is 0 Å². The van der Waals surface area contributed by atoms with Crippen molar-refractivity contribution in [2.24, 2.45) is 0 Å². The Balaban J connectivity index is 1.66. The van der Waals surface area contributed by atoms with Crippen molar-refractivity contribution in [3.05, 3.63) is 65.7 Å². The highest BCUT2D eigenvalue weighted by Gasteiger charge is 2.19. The number of ether oxygens (including phenoxy) is 1. The summed E-state index contributed by atoms with van der Waals surface area (Å²) in [6.45, 7) is 1.84. The van der Waals surface area contributed by atoms with Gasteiger partial charge in [-0.05, 0) is 55.8 Å². The Bertz CT molecular complexity index is 1080. The van der Waals surface area contributed by atoms with Crippen molar-refractivity contribution in [1.82, 2.24) is 5.32 Å². The summed E-state index contributed by atoms with van der Waals surface area (Å²) in [5, 5.41) is 5.50. The lowest BCUT2D eigenvalue weighted by atomic mass is 10.1. The summed E-state index contributed by atoms with van der Waals surface area (Å²) in [7, 11) is -3.72. The molecule has 1 saturated heterocycles. The summed E-state index contributed by atoms with van der Waals surface area (Å²) in [6.07, 6.45) is 2.21. The third-order valence-electron chi connectivity index (χ3n) is 4.80. The van der Waals surface area contributed by atoms with Gasteiger partial charge in [-0.1, -0.05) is 35.9 Å². The monoisotopic (exact) mass is 416 g/mol. The van der Waals surface area contributed by atoms with Crippen LogP contribution in [0.4, 0.5) is 5.69 Å². The molecular weight excluding hydrogens is 396 g/mol. The van der Waals surface area contributed by atoms with Gasteiger partial charge in [0.05, 0.1) is 10.6 Å². The van der Waals surface area contributed by atoms with Crippen LogP contribution in [0, 0.1) is 0 Å². The third kappa shape index (κ3) is 4.09. The molecule has 1 atom stereocenters. The summed E-state index contributed by atoms with van der Waals surface area (Å²) in [6, 6.07) is 17.3. The molecule has 0 spiro atoms. The van der Waals surface area contributed by atoms with Crippen molar-refractivity contribution in [2.75, 3.05) is 17.8 Å². The van der Waals surface area contributed by atoms with Gasteiger partial charge in [0.15, 0.2) is 0 Å². The smallest absolute Gasteiger partial charge is 0.261 e. The number of hydrogen-bond acceptors (Lipinski definition) is 4. The molecule has 0 bridgehead atoms. The third-order valence-corrected chi connectivity index (χ3v) is 6.43. The number of anilines is 1. The van der Waals surface area contributed by atoms with Gasteiger partial charge < -0.3 is 10.1 Å². The highest BCUT2D eigenvalue weighted by Crippen LogP contribution is 2.34. The van der Waals surface area contributed by atoms with Crippen molar-refractivity contribution in [1.29, 1.82) is 0 Å². The SMILES string of the molecule is O=S(=O)(Nc1ccc(OC2CCCNC2)c2ccccc12)c1ccc(Cl)cc1. The van der Waals surface area contributed by atoms with E-state index in [4.69, 9.17) is 16.3 Å². The molecule has 1 unspecified atom stereocenters. The molecule has 0 saturated carbocycles. The minimum Gasteiger partial charge on any atom is -0.488 e. The van der Waals surface area contributed by atoms with Crippen LogP contribution >= 0.6 is 11.6 Å². The summed E-state index contributed by atoms with van der Waals surface area (Å²) < 4.78 is 34.4. The van der Waals surface area contributed by atoms with Crippen molar-refractivity contribution < 1.29 is 13.2 Å². The van der Waals surface area contributed by atoms with Gasteiger partial charge in [-0.25, -0.2) is 8.42 Å². The minimum absolute atomic E-state index is 0.119. The molecule has 0 radical (unpaired) electrons. The summed E-state index contributed by atoms with van der Waals surface area (Å²) in [5.74, 6) is 0.763. The molecule has 1 heterocycles. The molecule has 5 nitrogen and oxygen atoms in total. The number of halogens is 1. The fraction of sp³-hybridized carbons (Fsp3) is 0.238. The van der Waals surface area contributed by atoms with Crippen molar-refractivity contribution >= 4 is 38.1 Å². The zero-order valence-corrected chi connectivity index (χ0v) is 16.8. The molecule has 4 rings (SSSR count). The maximum absolute atomic E-state index is 12.8. The van der Waals surface area contributed by atoms with Crippen LogP contribution in [0.1, 0.15) is 12.8 Å². The minimum atomic E-state index is -3.72. The van der Waals surface area contributed by atoms with Crippen LogP contribution in [0.15, 0.2) is 65.6 Å². The van der Waals surface area contributed by atoms with E-state index in [1.807, 2.05) is 30.3 Å². The van der Waals surface area contributed by atoms with E-state index in [1.54, 1.807) is 18.2 Å². The second-order valence-corrected chi connectivity index (χ2v) is 8.92. The molecule has 0 aromatic heterocycles. The molecule has 0 amide bonds. The Labute approximate surface area is 169 Å².